The minimum atomic E-state index is 0.242. The Labute approximate surface area is 70.9 Å². The Kier molecular flexibility index (Phi) is 2.38. The van der Waals surface area contributed by atoms with Gasteiger partial charge in [-0.1, -0.05) is 0 Å². The Balaban J connectivity index is 3.19. The zero-order valence-corrected chi connectivity index (χ0v) is 7.33. The molecule has 1 rings (SSSR count). The van der Waals surface area contributed by atoms with Crippen LogP contribution in [0, 0.1) is 12.1 Å². The fourth-order valence-corrected chi connectivity index (χ4v) is 0.920. The van der Waals surface area contributed by atoms with Crippen LogP contribution in [0.3, 0.4) is 0 Å². The zero-order valence-electron chi connectivity index (χ0n) is 7.33. The Bertz CT molecular complexity index is 286. The van der Waals surface area contributed by atoms with Crippen LogP contribution >= 0.6 is 0 Å². The second kappa shape index (κ2) is 3.30. The molecule has 1 heterocycles. The van der Waals surface area contributed by atoms with Crippen molar-refractivity contribution < 1.29 is 14.2 Å². The normalized spacial score (nSPS) is 9.58. The Morgan fingerprint density at radius 1 is 1.25 bits per heavy atom. The number of ether oxygens (including phenoxy) is 2. The summed E-state index contributed by atoms with van der Waals surface area (Å²) < 4.78 is 10.5. The summed E-state index contributed by atoms with van der Waals surface area (Å²) in [6.45, 7) is 1.69. The monoisotopic (exact) mass is 169 g/mol. The molecule has 0 N–H and O–H groups in total. The summed E-state index contributed by atoms with van der Waals surface area (Å²) in [5, 5.41) is 11.2. The number of aromatic nitrogens is 1. The maximum atomic E-state index is 11.2. The molecule has 0 unspecified atom stereocenters. The van der Waals surface area contributed by atoms with Crippen molar-refractivity contribution in [3.05, 3.63) is 23.0 Å². The molecular weight excluding hydrogens is 158 g/mol. The van der Waals surface area contributed by atoms with E-state index >= 15 is 0 Å². The first-order valence-corrected chi connectivity index (χ1v) is 3.51. The summed E-state index contributed by atoms with van der Waals surface area (Å²) in [7, 11) is 2.99. The van der Waals surface area contributed by atoms with Gasteiger partial charge in [0.05, 0.1) is 20.3 Å². The lowest BCUT2D eigenvalue weighted by atomic mass is 10.3. The van der Waals surface area contributed by atoms with Crippen molar-refractivity contribution in [1.29, 1.82) is 0 Å². The molecular formula is C8H11NO3. The van der Waals surface area contributed by atoms with Gasteiger partial charge in [-0.2, -0.15) is 0 Å². The molecule has 0 saturated carbocycles. The molecule has 0 aliphatic rings. The first kappa shape index (κ1) is 8.64. The third-order valence-electron chi connectivity index (χ3n) is 1.58. The molecule has 12 heavy (non-hydrogen) atoms. The summed E-state index contributed by atoms with van der Waals surface area (Å²) in [4.78, 5) is 0. The van der Waals surface area contributed by atoms with E-state index in [0.717, 1.165) is 0 Å². The zero-order chi connectivity index (χ0) is 9.14. The van der Waals surface area contributed by atoms with E-state index in [2.05, 4.69) is 0 Å². The molecule has 0 aliphatic heterocycles. The van der Waals surface area contributed by atoms with E-state index in [-0.39, 0.29) is 5.88 Å². The topological polar surface area (TPSA) is 45.4 Å². The summed E-state index contributed by atoms with van der Waals surface area (Å²) in [5.41, 5.74) is 0.547. The largest absolute Gasteiger partial charge is 0.616 e. The van der Waals surface area contributed by atoms with Gasteiger partial charge in [-0.05, 0) is 0 Å². The number of hydrogen-bond acceptors (Lipinski definition) is 3. The highest BCUT2D eigenvalue weighted by molar-refractivity contribution is 5.25. The number of methoxy groups -OCH3 is 2. The fourth-order valence-electron chi connectivity index (χ4n) is 0.920. The number of rotatable bonds is 2. The maximum Gasteiger partial charge on any atom is 0.383 e. The standard InChI is InChI=1S/C8H11NO3/c1-6-4-7(11-2)5-8(12-3)9(6)10/h4-5H,1-3H3. The molecule has 0 atom stereocenters. The Hall–Kier alpha value is -1.45. The van der Waals surface area contributed by atoms with Crippen LogP contribution in [0.25, 0.3) is 0 Å². The summed E-state index contributed by atoms with van der Waals surface area (Å²) >= 11 is 0. The maximum absolute atomic E-state index is 11.2. The quantitative estimate of drug-likeness (QED) is 0.482. The minimum Gasteiger partial charge on any atom is -0.616 e. The molecule has 4 heteroatoms. The van der Waals surface area contributed by atoms with Crippen molar-refractivity contribution in [2.75, 3.05) is 14.2 Å². The lowest BCUT2D eigenvalue weighted by Gasteiger charge is -2.07. The average molecular weight is 169 g/mol. The summed E-state index contributed by atoms with van der Waals surface area (Å²) in [6, 6.07) is 3.19. The SMILES string of the molecule is COc1cc(C)[n+]([O-])c(OC)c1. The predicted octanol–water partition coefficient (Wildman–Crippen LogP) is 0.646. The van der Waals surface area contributed by atoms with Gasteiger partial charge in [-0.25, -0.2) is 0 Å². The molecule has 0 bridgehead atoms. The molecule has 0 amide bonds. The molecule has 0 aromatic carbocycles. The third kappa shape index (κ3) is 1.42. The smallest absolute Gasteiger partial charge is 0.383 e. The van der Waals surface area contributed by atoms with Crippen molar-refractivity contribution in [2.45, 2.75) is 6.92 Å². The van der Waals surface area contributed by atoms with Gasteiger partial charge in [0.1, 0.15) is 5.75 Å². The number of hydrogen-bond donors (Lipinski definition) is 0. The van der Waals surface area contributed by atoms with Gasteiger partial charge in [0, 0.05) is 13.0 Å². The highest BCUT2D eigenvalue weighted by Gasteiger charge is 2.10. The number of aryl methyl sites for hydroxylation is 1. The first-order chi connectivity index (χ1) is 5.69. The highest BCUT2D eigenvalue weighted by atomic mass is 16.5. The minimum absolute atomic E-state index is 0.242. The van der Waals surface area contributed by atoms with Crippen molar-refractivity contribution in [2.24, 2.45) is 0 Å². The Morgan fingerprint density at radius 3 is 2.42 bits per heavy atom. The number of nitrogens with zero attached hydrogens (tertiary/aromatic N) is 1. The van der Waals surface area contributed by atoms with E-state index in [9.17, 15) is 5.21 Å². The van der Waals surface area contributed by atoms with Crippen LogP contribution in [0.15, 0.2) is 12.1 Å². The van der Waals surface area contributed by atoms with Gasteiger partial charge < -0.3 is 14.7 Å². The molecule has 0 saturated heterocycles. The van der Waals surface area contributed by atoms with Crippen LogP contribution in [0.1, 0.15) is 5.69 Å². The first-order valence-electron chi connectivity index (χ1n) is 3.51. The van der Waals surface area contributed by atoms with Crippen molar-refractivity contribution in [3.63, 3.8) is 0 Å². The average Bonchev–Trinajstić information content (AvgIpc) is 2.09. The molecule has 66 valence electrons. The van der Waals surface area contributed by atoms with Crippen LogP contribution in [0.4, 0.5) is 0 Å². The summed E-state index contributed by atoms with van der Waals surface area (Å²) in [6.07, 6.45) is 0. The van der Waals surface area contributed by atoms with Crippen molar-refractivity contribution in [1.82, 2.24) is 0 Å². The van der Waals surface area contributed by atoms with Gasteiger partial charge in [-0.15, -0.1) is 4.73 Å². The van der Waals surface area contributed by atoms with E-state index in [4.69, 9.17) is 9.47 Å². The van der Waals surface area contributed by atoms with Crippen LogP contribution in [0.2, 0.25) is 0 Å². The molecule has 4 nitrogen and oxygen atoms in total. The lowest BCUT2D eigenvalue weighted by Crippen LogP contribution is -2.31. The van der Waals surface area contributed by atoms with E-state index in [0.29, 0.717) is 16.2 Å². The second-order valence-electron chi connectivity index (χ2n) is 2.37. The van der Waals surface area contributed by atoms with Gasteiger partial charge in [0.25, 0.3) is 0 Å². The highest BCUT2D eigenvalue weighted by Crippen LogP contribution is 2.15. The molecule has 0 fully saturated rings. The van der Waals surface area contributed by atoms with Gasteiger partial charge >= 0.3 is 5.88 Å². The van der Waals surface area contributed by atoms with Crippen LogP contribution in [-0.4, -0.2) is 14.2 Å². The lowest BCUT2D eigenvalue weighted by molar-refractivity contribution is -0.618. The van der Waals surface area contributed by atoms with Gasteiger partial charge in [0.2, 0.25) is 0 Å². The predicted molar refractivity (Wildman–Crippen MR) is 43.2 cm³/mol. The van der Waals surface area contributed by atoms with Gasteiger partial charge in [0.15, 0.2) is 5.69 Å². The molecule has 0 radical (unpaired) electrons. The molecule has 1 aromatic rings. The van der Waals surface area contributed by atoms with Gasteiger partial charge in [-0.3, -0.25) is 0 Å². The second-order valence-corrected chi connectivity index (χ2v) is 2.37. The summed E-state index contributed by atoms with van der Waals surface area (Å²) in [5.74, 6) is 0.864. The van der Waals surface area contributed by atoms with E-state index in [1.807, 2.05) is 0 Å². The third-order valence-corrected chi connectivity index (χ3v) is 1.58. The molecule has 0 aliphatic carbocycles. The van der Waals surface area contributed by atoms with E-state index in [1.165, 1.54) is 7.11 Å². The van der Waals surface area contributed by atoms with Crippen molar-refractivity contribution in [3.8, 4) is 11.6 Å². The van der Waals surface area contributed by atoms with Crippen LogP contribution < -0.4 is 14.2 Å². The molecule has 0 spiro atoms. The van der Waals surface area contributed by atoms with Crippen molar-refractivity contribution >= 4 is 0 Å². The number of pyridine rings is 1. The van der Waals surface area contributed by atoms with E-state index in [1.54, 1.807) is 26.2 Å². The molecule has 1 aromatic heterocycles. The van der Waals surface area contributed by atoms with Crippen LogP contribution in [0.5, 0.6) is 11.6 Å². The van der Waals surface area contributed by atoms with Crippen LogP contribution in [-0.2, 0) is 0 Å². The van der Waals surface area contributed by atoms with E-state index < -0.39 is 0 Å². The Morgan fingerprint density at radius 2 is 1.92 bits per heavy atom. The fraction of sp³-hybridized carbons (Fsp3) is 0.375.